The van der Waals surface area contributed by atoms with E-state index < -0.39 is 6.29 Å². The van der Waals surface area contributed by atoms with Crippen LogP contribution in [0.4, 0.5) is 5.95 Å². The van der Waals surface area contributed by atoms with Crippen LogP contribution in [0.15, 0.2) is 91.3 Å². The van der Waals surface area contributed by atoms with Gasteiger partial charge in [0.1, 0.15) is 0 Å². The number of aliphatic hydroxyl groups is 1. The predicted molar refractivity (Wildman–Crippen MR) is 173 cm³/mol. The molecule has 4 aromatic rings. The van der Waals surface area contributed by atoms with Crippen LogP contribution in [0.5, 0.6) is 0 Å². The molecule has 45 heavy (non-hydrogen) atoms. The number of nitrogens with zero attached hydrogens (tertiary/aromatic N) is 4. The second-order valence-corrected chi connectivity index (χ2v) is 11.9. The van der Waals surface area contributed by atoms with Crippen LogP contribution in [-0.4, -0.2) is 64.7 Å². The summed E-state index contributed by atoms with van der Waals surface area (Å²) in [5.74, 6) is 0.848. The Morgan fingerprint density at radius 3 is 2.27 bits per heavy atom. The maximum Gasteiger partial charge on any atom is 0.225 e. The van der Waals surface area contributed by atoms with Crippen LogP contribution < -0.4 is 10.2 Å². The summed E-state index contributed by atoms with van der Waals surface area (Å²) >= 11 is 0. The third-order valence-electron chi connectivity index (χ3n) is 8.75. The van der Waals surface area contributed by atoms with Crippen LogP contribution in [0.3, 0.4) is 0 Å². The Kier molecular flexibility index (Phi) is 9.81. The van der Waals surface area contributed by atoms with E-state index in [1.807, 2.05) is 30.3 Å². The van der Waals surface area contributed by atoms with Crippen molar-refractivity contribution in [3.63, 3.8) is 0 Å². The molecular weight excluding hydrogens is 566 g/mol. The number of ether oxygens (including phenoxy) is 2. The highest BCUT2D eigenvalue weighted by atomic mass is 16.7. The Hall–Kier alpha value is -4.15. The molecule has 1 aromatic heterocycles. The van der Waals surface area contributed by atoms with Gasteiger partial charge in [-0.1, -0.05) is 73.7 Å². The van der Waals surface area contributed by atoms with E-state index in [2.05, 4.69) is 80.5 Å². The van der Waals surface area contributed by atoms with E-state index in [-0.39, 0.29) is 30.6 Å². The molecule has 2 aliphatic rings. The highest BCUT2D eigenvalue weighted by Gasteiger charge is 2.39. The minimum absolute atomic E-state index is 0.0121. The molecule has 4 atom stereocenters. The van der Waals surface area contributed by atoms with Crippen molar-refractivity contribution < 1.29 is 19.4 Å². The highest BCUT2D eigenvalue weighted by molar-refractivity contribution is 5.73. The van der Waals surface area contributed by atoms with E-state index in [0.29, 0.717) is 6.54 Å². The Balaban J connectivity index is 1.19. The van der Waals surface area contributed by atoms with Gasteiger partial charge in [0.05, 0.1) is 18.8 Å². The molecule has 0 aliphatic carbocycles. The van der Waals surface area contributed by atoms with E-state index in [1.54, 1.807) is 12.4 Å². The van der Waals surface area contributed by atoms with Gasteiger partial charge in [0, 0.05) is 70.1 Å². The number of hydrogen-bond donors (Lipinski definition) is 2. The predicted octanol–water partition coefficient (Wildman–Crippen LogP) is 4.89. The first-order valence-corrected chi connectivity index (χ1v) is 15.7. The summed E-state index contributed by atoms with van der Waals surface area (Å²) in [6.45, 7) is 8.59. The van der Waals surface area contributed by atoms with E-state index in [1.165, 1.54) is 6.92 Å². The second-order valence-electron chi connectivity index (χ2n) is 11.9. The lowest BCUT2D eigenvalue weighted by atomic mass is 9.89. The third-order valence-corrected chi connectivity index (χ3v) is 8.75. The van der Waals surface area contributed by atoms with Crippen LogP contribution in [0.25, 0.3) is 11.1 Å². The number of carbonyl (C=O) groups excluding carboxylic acids is 1. The van der Waals surface area contributed by atoms with Gasteiger partial charge in [-0.15, -0.1) is 0 Å². The zero-order valence-electron chi connectivity index (χ0n) is 25.9. The van der Waals surface area contributed by atoms with Crippen LogP contribution >= 0.6 is 0 Å². The quantitative estimate of drug-likeness (QED) is 0.278. The first kappa shape index (κ1) is 30.9. The Morgan fingerprint density at radius 1 is 0.867 bits per heavy atom. The molecule has 234 valence electrons. The molecule has 2 fully saturated rings. The van der Waals surface area contributed by atoms with Gasteiger partial charge in [0.15, 0.2) is 6.29 Å². The number of piperazine rings is 1. The summed E-state index contributed by atoms with van der Waals surface area (Å²) < 4.78 is 13.4. The van der Waals surface area contributed by atoms with Crippen LogP contribution in [0.1, 0.15) is 48.5 Å². The van der Waals surface area contributed by atoms with Crippen LogP contribution in [-0.2, 0) is 27.4 Å². The minimum Gasteiger partial charge on any atom is -0.392 e. The number of aliphatic hydroxyl groups excluding tert-OH is 1. The van der Waals surface area contributed by atoms with Gasteiger partial charge in [0.2, 0.25) is 11.9 Å². The maximum absolute atomic E-state index is 11.4. The van der Waals surface area contributed by atoms with Crippen LogP contribution in [0.2, 0.25) is 0 Å². The van der Waals surface area contributed by atoms with Gasteiger partial charge in [-0.05, 0) is 39.9 Å². The van der Waals surface area contributed by atoms with E-state index in [4.69, 9.17) is 9.47 Å². The van der Waals surface area contributed by atoms with Gasteiger partial charge in [0.25, 0.3) is 0 Å². The number of rotatable bonds is 9. The van der Waals surface area contributed by atoms with Crippen LogP contribution in [0, 0.1) is 5.92 Å². The molecular formula is C36H41N5O4. The summed E-state index contributed by atoms with van der Waals surface area (Å²) in [4.78, 5) is 24.9. The summed E-state index contributed by atoms with van der Waals surface area (Å²) in [5, 5.41) is 12.4. The molecule has 2 N–H and O–H groups in total. The molecule has 0 spiro atoms. The average Bonchev–Trinajstić information content (AvgIpc) is 3.09. The topological polar surface area (TPSA) is 100 Å². The first-order chi connectivity index (χ1) is 22.0. The molecule has 3 heterocycles. The number of carbonyl (C=O) groups is 1. The fraction of sp³-hybridized carbons (Fsp3) is 0.361. The van der Waals surface area contributed by atoms with Crippen molar-refractivity contribution in [2.45, 2.75) is 45.5 Å². The lowest BCUT2D eigenvalue weighted by molar-refractivity contribution is -0.276. The summed E-state index contributed by atoms with van der Waals surface area (Å²) in [5.41, 5.74) is 6.15. The van der Waals surface area contributed by atoms with Crippen molar-refractivity contribution in [3.8, 4) is 11.1 Å². The van der Waals surface area contributed by atoms with Gasteiger partial charge in [-0.3, -0.25) is 9.69 Å². The monoisotopic (exact) mass is 607 g/mol. The number of anilines is 1. The fourth-order valence-electron chi connectivity index (χ4n) is 6.09. The Labute approximate surface area is 264 Å². The normalized spacial score (nSPS) is 22.2. The van der Waals surface area contributed by atoms with Gasteiger partial charge >= 0.3 is 0 Å². The summed E-state index contributed by atoms with van der Waals surface area (Å²) in [7, 11) is 0. The molecule has 1 amide bonds. The van der Waals surface area contributed by atoms with Crippen molar-refractivity contribution in [1.29, 1.82) is 0 Å². The lowest BCUT2D eigenvalue weighted by Crippen LogP contribution is -2.51. The Morgan fingerprint density at radius 2 is 1.58 bits per heavy atom. The number of benzene rings is 3. The fourth-order valence-corrected chi connectivity index (χ4v) is 6.09. The molecule has 9 nitrogen and oxygen atoms in total. The van der Waals surface area contributed by atoms with E-state index in [0.717, 1.165) is 72.1 Å². The third kappa shape index (κ3) is 7.57. The first-order valence-electron chi connectivity index (χ1n) is 15.7. The molecule has 0 unspecified atom stereocenters. The lowest BCUT2D eigenvalue weighted by Gasteiger charge is -2.44. The zero-order valence-corrected chi connectivity index (χ0v) is 25.9. The van der Waals surface area contributed by atoms with Crippen molar-refractivity contribution in [2.24, 2.45) is 5.92 Å². The standard InChI is InChI=1S/C36H41N5O4/c1-25-33(23-40-17-19-41(20-18-40)36-37-15-4-16-38-36)44-35(45-34(25)30-9-7-27(24-42)8-10-30)31-13-11-29(12-14-31)32-6-3-5-28(21-32)22-39-26(2)43/h3-16,21,25,33-35,42H,17-20,22-24H2,1-2H3,(H,39,43)/t25-,33+,34+,35+/m0/s1. The maximum atomic E-state index is 11.4. The molecule has 2 aliphatic heterocycles. The molecule has 2 saturated heterocycles. The molecule has 0 bridgehead atoms. The van der Waals surface area contributed by atoms with Crippen molar-refractivity contribution >= 4 is 11.9 Å². The van der Waals surface area contributed by atoms with Crippen molar-refractivity contribution in [3.05, 3.63) is 114 Å². The van der Waals surface area contributed by atoms with Crippen molar-refractivity contribution in [1.82, 2.24) is 20.2 Å². The van der Waals surface area contributed by atoms with Gasteiger partial charge in [-0.2, -0.15) is 0 Å². The summed E-state index contributed by atoms with van der Waals surface area (Å²) in [6, 6.07) is 26.5. The SMILES string of the molecule is CC(=O)NCc1cccc(-c2ccc([C@@H]3O[C@H](CN4CCN(c5ncccn5)CC4)[C@H](C)[C@H](c4ccc(CO)cc4)O3)cc2)c1. The molecule has 3 aromatic carbocycles. The number of aromatic nitrogens is 2. The van der Waals surface area contributed by atoms with Gasteiger partial charge < -0.3 is 24.8 Å². The minimum atomic E-state index is -0.520. The van der Waals surface area contributed by atoms with Crippen molar-refractivity contribution in [2.75, 3.05) is 37.6 Å². The van der Waals surface area contributed by atoms with E-state index >= 15 is 0 Å². The van der Waals surface area contributed by atoms with Gasteiger partial charge in [-0.25, -0.2) is 9.97 Å². The summed E-state index contributed by atoms with van der Waals surface area (Å²) in [6.07, 6.45) is 2.85. The zero-order chi connectivity index (χ0) is 31.2. The average molecular weight is 608 g/mol. The molecule has 0 radical (unpaired) electrons. The number of nitrogens with one attached hydrogen (secondary N) is 1. The molecule has 9 heteroatoms. The number of hydrogen-bond acceptors (Lipinski definition) is 8. The molecule has 0 saturated carbocycles. The largest absolute Gasteiger partial charge is 0.392 e. The highest BCUT2D eigenvalue weighted by Crippen LogP contribution is 2.42. The second kappa shape index (κ2) is 14.3. The molecule has 6 rings (SSSR count). The smallest absolute Gasteiger partial charge is 0.225 e. The number of amides is 1. The Bertz CT molecular complexity index is 1540. The van der Waals surface area contributed by atoms with E-state index in [9.17, 15) is 9.90 Å².